The van der Waals surface area contributed by atoms with Gasteiger partial charge in [-0.3, -0.25) is 9.59 Å². The summed E-state index contributed by atoms with van der Waals surface area (Å²) in [5.41, 5.74) is 0.660. The van der Waals surface area contributed by atoms with E-state index in [0.29, 0.717) is 32.5 Å². The van der Waals surface area contributed by atoms with E-state index in [1.54, 1.807) is 0 Å². The molecule has 0 spiro atoms. The third-order valence-electron chi connectivity index (χ3n) is 2.34. The predicted octanol–water partition coefficient (Wildman–Crippen LogP) is 3.81. The summed E-state index contributed by atoms with van der Waals surface area (Å²) >= 11 is 17.9. The van der Waals surface area contributed by atoms with Crippen molar-refractivity contribution in [2.24, 2.45) is 0 Å². The van der Waals surface area contributed by atoms with Gasteiger partial charge in [-0.2, -0.15) is 0 Å². The Balaban J connectivity index is 2.77. The van der Waals surface area contributed by atoms with Crippen molar-refractivity contribution in [1.29, 1.82) is 0 Å². The molecule has 1 N–H and O–H groups in total. The van der Waals surface area contributed by atoms with Gasteiger partial charge in [0.05, 0.1) is 15.7 Å². The highest BCUT2D eigenvalue weighted by Gasteiger charge is 2.14. The van der Waals surface area contributed by atoms with Crippen molar-refractivity contribution < 1.29 is 4.79 Å². The van der Waals surface area contributed by atoms with Crippen LogP contribution < -0.4 is 5.56 Å². The summed E-state index contributed by atoms with van der Waals surface area (Å²) in [5, 5.41) is 1.01. The number of aldehydes is 1. The zero-order valence-electron chi connectivity index (χ0n) is 8.84. The number of aromatic nitrogens is 1. The molecular weight excluding hydrogens is 296 g/mol. The molecule has 0 fully saturated rings. The van der Waals surface area contributed by atoms with Gasteiger partial charge in [0, 0.05) is 22.2 Å². The first-order valence-corrected chi connectivity index (χ1v) is 5.99. The van der Waals surface area contributed by atoms with E-state index >= 15 is 0 Å². The van der Waals surface area contributed by atoms with Gasteiger partial charge in [-0.15, -0.1) is 0 Å². The topological polar surface area (TPSA) is 49.9 Å². The average molecular weight is 303 g/mol. The number of hydrogen-bond donors (Lipinski definition) is 1. The number of halogens is 3. The van der Waals surface area contributed by atoms with Crippen LogP contribution in [-0.4, -0.2) is 11.3 Å². The molecule has 0 unspecified atom stereocenters. The minimum absolute atomic E-state index is 0.119. The predicted molar refractivity (Wildman–Crippen MR) is 72.9 cm³/mol. The highest BCUT2D eigenvalue weighted by Crippen LogP contribution is 2.37. The molecule has 2 rings (SSSR count). The Hall–Kier alpha value is -1.29. The number of benzene rings is 1. The summed E-state index contributed by atoms with van der Waals surface area (Å²) in [6.07, 6.45) is 0.540. The quantitative estimate of drug-likeness (QED) is 0.857. The number of rotatable bonds is 2. The van der Waals surface area contributed by atoms with Crippen molar-refractivity contribution in [3.8, 4) is 11.1 Å². The summed E-state index contributed by atoms with van der Waals surface area (Å²) in [7, 11) is 0. The van der Waals surface area contributed by atoms with E-state index in [9.17, 15) is 9.59 Å². The summed E-state index contributed by atoms with van der Waals surface area (Å²) in [5.74, 6) is 0. The van der Waals surface area contributed by atoms with Crippen LogP contribution in [0, 0.1) is 0 Å². The maximum absolute atomic E-state index is 11.2. The molecule has 0 radical (unpaired) electrons. The number of carbonyl (C=O) groups excluding carboxylic acids is 1. The first kappa shape index (κ1) is 13.1. The highest BCUT2D eigenvalue weighted by atomic mass is 35.5. The molecule has 1 heterocycles. The van der Waals surface area contributed by atoms with E-state index in [2.05, 4.69) is 4.98 Å². The molecule has 0 saturated carbocycles. The first-order chi connectivity index (χ1) is 8.52. The van der Waals surface area contributed by atoms with Gasteiger partial charge < -0.3 is 4.98 Å². The Kier molecular flexibility index (Phi) is 3.76. The monoisotopic (exact) mass is 301 g/mol. The zero-order chi connectivity index (χ0) is 13.3. The molecule has 0 aliphatic heterocycles. The minimum atomic E-state index is -0.373. The van der Waals surface area contributed by atoms with Gasteiger partial charge in [0.1, 0.15) is 0 Å². The lowest BCUT2D eigenvalue weighted by Crippen LogP contribution is -2.08. The van der Waals surface area contributed by atoms with Crippen LogP contribution in [0.25, 0.3) is 11.1 Å². The second-order valence-corrected chi connectivity index (χ2v) is 4.76. The SMILES string of the molecule is O=Cc1[nH]c(=O)ccc1-c1c(Cl)cc(Cl)cc1Cl. The van der Waals surface area contributed by atoms with E-state index in [1.165, 1.54) is 24.3 Å². The van der Waals surface area contributed by atoms with Gasteiger partial charge in [-0.05, 0) is 18.2 Å². The number of H-pyrrole nitrogens is 1. The lowest BCUT2D eigenvalue weighted by Gasteiger charge is -2.09. The Morgan fingerprint density at radius 1 is 1.06 bits per heavy atom. The summed E-state index contributed by atoms with van der Waals surface area (Å²) in [6, 6.07) is 5.82. The van der Waals surface area contributed by atoms with Crippen LogP contribution in [0.5, 0.6) is 0 Å². The Labute approximate surface area is 117 Å². The smallest absolute Gasteiger partial charge is 0.248 e. The first-order valence-electron chi connectivity index (χ1n) is 4.86. The number of aromatic amines is 1. The van der Waals surface area contributed by atoms with Crippen LogP contribution in [0.4, 0.5) is 0 Å². The summed E-state index contributed by atoms with van der Waals surface area (Å²) in [4.78, 5) is 24.5. The van der Waals surface area contributed by atoms with Gasteiger partial charge in [0.2, 0.25) is 5.56 Å². The van der Waals surface area contributed by atoms with E-state index in [4.69, 9.17) is 34.8 Å². The lowest BCUT2D eigenvalue weighted by molar-refractivity contribution is 0.111. The highest BCUT2D eigenvalue weighted by molar-refractivity contribution is 6.42. The zero-order valence-corrected chi connectivity index (χ0v) is 11.1. The molecule has 92 valence electrons. The molecular formula is C12H6Cl3NO2. The second-order valence-electron chi connectivity index (χ2n) is 3.51. The number of carbonyl (C=O) groups is 1. The van der Waals surface area contributed by atoms with Crippen LogP contribution in [0.3, 0.4) is 0 Å². The number of hydrogen-bond acceptors (Lipinski definition) is 2. The van der Waals surface area contributed by atoms with Crippen LogP contribution in [0.15, 0.2) is 29.1 Å². The summed E-state index contributed by atoms with van der Waals surface area (Å²) in [6.45, 7) is 0. The van der Waals surface area contributed by atoms with Gasteiger partial charge in [0.25, 0.3) is 0 Å². The largest absolute Gasteiger partial charge is 0.319 e. The van der Waals surface area contributed by atoms with Crippen molar-refractivity contribution in [3.05, 3.63) is 55.4 Å². The van der Waals surface area contributed by atoms with Crippen LogP contribution in [0.2, 0.25) is 15.1 Å². The third kappa shape index (κ3) is 2.43. The Bertz CT molecular complexity index is 656. The lowest BCUT2D eigenvalue weighted by atomic mass is 10.0. The molecule has 0 aliphatic rings. The van der Waals surface area contributed by atoms with Crippen LogP contribution >= 0.6 is 34.8 Å². The van der Waals surface area contributed by atoms with Gasteiger partial charge in [-0.25, -0.2) is 0 Å². The molecule has 2 aromatic rings. The molecule has 0 amide bonds. The molecule has 0 bridgehead atoms. The van der Waals surface area contributed by atoms with E-state index in [-0.39, 0.29) is 11.3 Å². The standard InChI is InChI=1S/C12H6Cl3NO2/c13-6-3-8(14)12(9(15)4-6)7-1-2-11(18)16-10(7)5-17/h1-5H,(H,16,18). The maximum atomic E-state index is 11.2. The fourth-order valence-electron chi connectivity index (χ4n) is 1.60. The molecule has 3 nitrogen and oxygen atoms in total. The molecule has 6 heteroatoms. The van der Waals surface area contributed by atoms with Crippen molar-refractivity contribution in [2.45, 2.75) is 0 Å². The van der Waals surface area contributed by atoms with Crippen molar-refractivity contribution in [1.82, 2.24) is 4.98 Å². The van der Waals surface area contributed by atoms with Gasteiger partial charge in [-0.1, -0.05) is 34.8 Å². The maximum Gasteiger partial charge on any atom is 0.248 e. The second kappa shape index (κ2) is 5.14. The fourth-order valence-corrected chi connectivity index (χ4v) is 2.62. The van der Waals surface area contributed by atoms with E-state index in [0.717, 1.165) is 0 Å². The molecule has 18 heavy (non-hydrogen) atoms. The Morgan fingerprint density at radius 2 is 1.67 bits per heavy atom. The third-order valence-corrected chi connectivity index (χ3v) is 3.16. The molecule has 0 saturated heterocycles. The van der Waals surface area contributed by atoms with Crippen molar-refractivity contribution in [3.63, 3.8) is 0 Å². The molecule has 1 aromatic carbocycles. The summed E-state index contributed by atoms with van der Waals surface area (Å²) < 4.78 is 0. The fraction of sp³-hybridized carbons (Fsp3) is 0. The number of pyridine rings is 1. The molecule has 0 aliphatic carbocycles. The van der Waals surface area contributed by atoms with Crippen LogP contribution in [0.1, 0.15) is 10.5 Å². The van der Waals surface area contributed by atoms with Gasteiger partial charge in [0.15, 0.2) is 6.29 Å². The number of nitrogens with one attached hydrogen (secondary N) is 1. The van der Waals surface area contributed by atoms with Crippen molar-refractivity contribution in [2.75, 3.05) is 0 Å². The molecule has 1 aromatic heterocycles. The normalized spacial score (nSPS) is 10.4. The van der Waals surface area contributed by atoms with E-state index < -0.39 is 0 Å². The van der Waals surface area contributed by atoms with Crippen LogP contribution in [-0.2, 0) is 0 Å². The Morgan fingerprint density at radius 3 is 2.22 bits per heavy atom. The van der Waals surface area contributed by atoms with Gasteiger partial charge >= 0.3 is 0 Å². The minimum Gasteiger partial charge on any atom is -0.319 e. The molecule has 0 atom stereocenters. The van der Waals surface area contributed by atoms with E-state index in [1.807, 2.05) is 0 Å². The average Bonchev–Trinajstić information content (AvgIpc) is 2.29. The van der Waals surface area contributed by atoms with Crippen molar-refractivity contribution >= 4 is 41.1 Å².